The van der Waals surface area contributed by atoms with Crippen LogP contribution in [-0.4, -0.2) is 115 Å². The Balaban J connectivity index is -0.000000150. The molecule has 0 heterocycles. The van der Waals surface area contributed by atoms with Crippen LogP contribution in [0.3, 0.4) is 0 Å². The summed E-state index contributed by atoms with van der Waals surface area (Å²) < 4.78 is 19.7. The van der Waals surface area contributed by atoms with Gasteiger partial charge in [0, 0.05) is 43.4 Å². The van der Waals surface area contributed by atoms with Crippen molar-refractivity contribution < 1.29 is 13.7 Å². The first-order chi connectivity index (χ1) is 19.3. The Bertz CT molecular complexity index is 570. The summed E-state index contributed by atoms with van der Waals surface area (Å²) in [6, 6.07) is 0. The summed E-state index contributed by atoms with van der Waals surface area (Å²) in [6.45, 7) is 22.2. The van der Waals surface area contributed by atoms with Gasteiger partial charge in [0.15, 0.2) is 0 Å². The average molecular weight is 671 g/mol. The molecule has 1 unspecified atom stereocenters. The van der Waals surface area contributed by atoms with Crippen molar-refractivity contribution in [3.05, 3.63) is 26.3 Å². The number of thiol groups is 1. The molecule has 0 radical (unpaired) electrons. The summed E-state index contributed by atoms with van der Waals surface area (Å²) in [5.74, 6) is 3.18. The average Bonchev–Trinajstić information content (AvgIpc) is 2.98. The topological polar surface area (TPSA) is 210 Å². The van der Waals surface area contributed by atoms with Crippen molar-refractivity contribution in [2.75, 3.05) is 102 Å². The van der Waals surface area contributed by atoms with Gasteiger partial charge in [-0.25, -0.2) is 4.21 Å². The molecule has 246 valence electrons. The van der Waals surface area contributed by atoms with Crippen LogP contribution in [0.1, 0.15) is 25.7 Å². The molecule has 1 atom stereocenters. The summed E-state index contributed by atoms with van der Waals surface area (Å²) in [7, 11) is -3.35. The molecule has 11 nitrogen and oxygen atoms in total. The van der Waals surface area contributed by atoms with E-state index < -0.39 is 17.0 Å². The highest BCUT2D eigenvalue weighted by molar-refractivity contribution is 8.28. The Morgan fingerprint density at radius 1 is 0.700 bits per heavy atom. The Morgan fingerprint density at radius 2 is 1.02 bits per heavy atom. The summed E-state index contributed by atoms with van der Waals surface area (Å²) in [5, 5.41) is 12.8. The standard InChI is InChI=1S/C10H26N4S2.C5H15N2O3PS.C5H14N2S.2C2H4/c11-3-1-5-13-7-9-16(15)10-8-14-6-2-4-12;6-2-1-3-7-4-5-12(9,10)11-8;6-2-1-3-7-4-5-8;2*1-2/h13-14H,1-12H2;7-8H,1-6H2,(H,9,10);7-8H,1-6H2;2*1-2H2. The SMILES string of the molecule is C=C.C=C.NCCCNCCS.NCCCNCCS(=O)(O)=PO.NCCCNCCS(=S)CCNCCCN. The fourth-order valence-corrected chi connectivity index (χ4v) is 4.82. The van der Waals surface area contributed by atoms with Gasteiger partial charge in [-0.2, -0.15) is 12.6 Å². The van der Waals surface area contributed by atoms with E-state index in [2.05, 4.69) is 60.2 Å². The van der Waals surface area contributed by atoms with Gasteiger partial charge in [0.2, 0.25) is 0 Å². The summed E-state index contributed by atoms with van der Waals surface area (Å²) >= 11 is 9.42. The third-order valence-electron chi connectivity index (χ3n) is 4.20. The van der Waals surface area contributed by atoms with E-state index in [1.807, 2.05) is 0 Å². The maximum absolute atomic E-state index is 10.8. The monoisotopic (exact) mass is 670 g/mol. The fraction of sp³-hybridized carbons (Fsp3) is 0.833. The number of nitrogens with two attached hydrogens (primary N) is 4. The third-order valence-corrected chi connectivity index (χ3v) is 9.05. The lowest BCUT2D eigenvalue weighted by atomic mass is 10.4. The van der Waals surface area contributed by atoms with E-state index in [0.717, 1.165) is 108 Å². The molecule has 0 rings (SSSR count). The Labute approximate surface area is 260 Å². The maximum atomic E-state index is 10.8. The van der Waals surface area contributed by atoms with E-state index in [1.54, 1.807) is 0 Å². The van der Waals surface area contributed by atoms with Gasteiger partial charge in [0.1, 0.15) is 17.0 Å². The normalized spacial score (nSPS) is 11.5. The highest BCUT2D eigenvalue weighted by atomic mass is 32.8. The van der Waals surface area contributed by atoms with E-state index in [1.165, 1.54) is 0 Å². The quantitative estimate of drug-likeness (QED) is 0.0297. The molecule has 16 heteroatoms. The van der Waals surface area contributed by atoms with Gasteiger partial charge >= 0.3 is 0 Å². The molecule has 0 fully saturated rings. The molecule has 0 aromatic heterocycles. The zero-order chi connectivity index (χ0) is 31.8. The van der Waals surface area contributed by atoms with Gasteiger partial charge in [-0.15, -0.1) is 35.8 Å². The summed E-state index contributed by atoms with van der Waals surface area (Å²) in [5.41, 5.74) is 21.3. The molecule has 0 aromatic carbocycles. The second-order valence-electron chi connectivity index (χ2n) is 7.53. The molecule has 0 aliphatic heterocycles. The smallest absolute Gasteiger partial charge is 0.145 e. The Morgan fingerprint density at radius 3 is 1.32 bits per heavy atom. The number of nitrogens with one attached hydrogen (secondary N) is 4. The molecule has 0 saturated carbocycles. The minimum atomic E-state index is -3.02. The first kappa shape index (κ1) is 50.1. The summed E-state index contributed by atoms with van der Waals surface area (Å²) in [6.07, 6.45) is 4.01. The summed E-state index contributed by atoms with van der Waals surface area (Å²) in [4.78, 5) is 8.40. The maximum Gasteiger partial charge on any atom is 0.145 e. The van der Waals surface area contributed by atoms with Crippen molar-refractivity contribution in [2.24, 2.45) is 22.9 Å². The first-order valence-electron chi connectivity index (χ1n) is 13.5. The van der Waals surface area contributed by atoms with Gasteiger partial charge in [0.05, 0.1) is 5.75 Å². The van der Waals surface area contributed by atoms with Gasteiger partial charge in [-0.3, -0.25) is 0 Å². The van der Waals surface area contributed by atoms with E-state index in [9.17, 15) is 4.21 Å². The highest BCUT2D eigenvalue weighted by Gasteiger charge is 2.00. The molecule has 0 aliphatic carbocycles. The molecule has 0 amide bonds. The minimum Gasteiger partial charge on any atom is -0.334 e. The van der Waals surface area contributed by atoms with Crippen LogP contribution in [-0.2, 0) is 30.0 Å². The Kier molecular flexibility index (Phi) is 61.5. The molecule has 0 aromatic rings. The van der Waals surface area contributed by atoms with Crippen LogP contribution in [0.5, 0.6) is 0 Å². The molecule has 0 spiro atoms. The lowest BCUT2D eigenvalue weighted by molar-refractivity contribution is 0.552. The zero-order valence-electron chi connectivity index (χ0n) is 24.7. The fourth-order valence-electron chi connectivity index (χ4n) is 2.21. The highest BCUT2D eigenvalue weighted by Crippen LogP contribution is 2.00. The second kappa shape index (κ2) is 49.1. The van der Waals surface area contributed by atoms with Gasteiger partial charge < -0.3 is 53.6 Å². The Hall–Kier alpha value is 0.450. The van der Waals surface area contributed by atoms with Crippen LogP contribution in [0, 0.1) is 0 Å². The second-order valence-corrected chi connectivity index (χ2v) is 15.1. The number of rotatable bonds is 23. The number of hydrogen-bond acceptors (Lipinski definition) is 11. The molecule has 40 heavy (non-hydrogen) atoms. The first-order valence-corrected chi connectivity index (χ1v) is 19.8. The predicted octanol–water partition coefficient (Wildman–Crippen LogP) is -0.147. The number of hydrogen-bond donors (Lipinski definition) is 11. The molecule has 0 bridgehead atoms. The van der Waals surface area contributed by atoms with Crippen molar-refractivity contribution >= 4 is 50.2 Å². The van der Waals surface area contributed by atoms with Crippen LogP contribution >= 0.6 is 20.2 Å². The van der Waals surface area contributed by atoms with Crippen molar-refractivity contribution in [2.45, 2.75) is 25.7 Å². The third kappa shape index (κ3) is 58.2. The molecule has 0 aliphatic rings. The van der Waals surface area contributed by atoms with Crippen LogP contribution in [0.2, 0.25) is 0 Å². The molecule has 0 saturated heterocycles. The predicted molar refractivity (Wildman–Crippen MR) is 192 cm³/mol. The van der Waals surface area contributed by atoms with Crippen molar-refractivity contribution in [1.29, 1.82) is 0 Å². The molecule has 14 N–H and O–H groups in total. The zero-order valence-corrected chi connectivity index (χ0v) is 28.9. The van der Waals surface area contributed by atoms with Crippen LogP contribution in [0.4, 0.5) is 0 Å². The van der Waals surface area contributed by atoms with Crippen LogP contribution in [0.15, 0.2) is 26.3 Å². The molecular weight excluding hydrogens is 608 g/mol. The lowest BCUT2D eigenvalue weighted by Crippen LogP contribution is -2.27. The molecular formula is C24H63N8O3PS4. The van der Waals surface area contributed by atoms with Gasteiger partial charge in [-0.05, 0) is 78.0 Å². The van der Waals surface area contributed by atoms with Crippen LogP contribution < -0.4 is 44.2 Å². The van der Waals surface area contributed by atoms with Crippen molar-refractivity contribution in [3.63, 3.8) is 0 Å². The van der Waals surface area contributed by atoms with Crippen molar-refractivity contribution in [1.82, 2.24) is 21.3 Å². The van der Waals surface area contributed by atoms with E-state index in [-0.39, 0.29) is 15.2 Å². The van der Waals surface area contributed by atoms with Crippen molar-refractivity contribution in [3.8, 4) is 0 Å². The van der Waals surface area contributed by atoms with Gasteiger partial charge in [0.25, 0.3) is 0 Å². The minimum absolute atomic E-state index is 0.0790. The lowest BCUT2D eigenvalue weighted by Gasteiger charge is -2.07. The van der Waals surface area contributed by atoms with Gasteiger partial charge in [-0.1, -0.05) is 11.2 Å². The van der Waals surface area contributed by atoms with E-state index in [4.69, 9.17) is 43.6 Å². The van der Waals surface area contributed by atoms with E-state index >= 15 is 0 Å². The van der Waals surface area contributed by atoms with Crippen LogP contribution in [0.25, 0.3) is 0 Å². The largest absolute Gasteiger partial charge is 0.334 e. The van der Waals surface area contributed by atoms with E-state index in [0.29, 0.717) is 13.1 Å².